The van der Waals surface area contributed by atoms with Crippen LogP contribution in [-0.4, -0.2) is 28.2 Å². The maximum atomic E-state index is 13.1. The molecule has 0 saturated heterocycles. The molecule has 0 bridgehead atoms. The van der Waals surface area contributed by atoms with Crippen LogP contribution in [0.1, 0.15) is 48.2 Å². The van der Waals surface area contributed by atoms with Crippen molar-refractivity contribution in [1.82, 2.24) is 9.58 Å². The first-order valence-corrected chi connectivity index (χ1v) is 9.21. The number of fused-ring (bicyclic) bond motifs is 1. The summed E-state index contributed by atoms with van der Waals surface area (Å²) in [5.74, 6) is -0.00854. The zero-order valence-corrected chi connectivity index (χ0v) is 14.7. The van der Waals surface area contributed by atoms with E-state index in [0.717, 1.165) is 31.2 Å². The van der Waals surface area contributed by atoms with Crippen molar-refractivity contribution in [3.05, 3.63) is 64.1 Å². The standard InChI is InChI=1S/C20H23N3O3/c24-17-11-12-23-18(19(17)26-13-15-7-3-1-4-8-15)20(25)22(14-21-23)16-9-5-2-6-10-16/h1,3-4,7-8,11-12,16,21H,2,5-6,9-10,13-14H2. The quantitative estimate of drug-likeness (QED) is 0.918. The Labute approximate surface area is 152 Å². The summed E-state index contributed by atoms with van der Waals surface area (Å²) in [6.07, 6.45) is 7.16. The summed E-state index contributed by atoms with van der Waals surface area (Å²) in [5, 5.41) is 0. The summed E-state index contributed by atoms with van der Waals surface area (Å²) in [5.41, 5.74) is 4.19. The number of ether oxygens (including phenoxy) is 1. The molecule has 0 atom stereocenters. The van der Waals surface area contributed by atoms with Gasteiger partial charge < -0.3 is 15.1 Å². The molecule has 1 N–H and O–H groups in total. The Morgan fingerprint density at radius 2 is 1.81 bits per heavy atom. The first kappa shape index (κ1) is 16.7. The van der Waals surface area contributed by atoms with Crippen molar-refractivity contribution < 1.29 is 9.53 Å². The van der Waals surface area contributed by atoms with E-state index in [1.807, 2.05) is 35.2 Å². The van der Waals surface area contributed by atoms with Gasteiger partial charge in [0.25, 0.3) is 5.91 Å². The van der Waals surface area contributed by atoms with Gasteiger partial charge in [0.05, 0.1) is 0 Å². The van der Waals surface area contributed by atoms with Crippen molar-refractivity contribution in [2.75, 3.05) is 12.1 Å². The smallest absolute Gasteiger partial charge is 0.278 e. The van der Waals surface area contributed by atoms with Crippen LogP contribution in [0.25, 0.3) is 0 Å². The Balaban J connectivity index is 1.62. The van der Waals surface area contributed by atoms with Crippen molar-refractivity contribution in [2.24, 2.45) is 0 Å². The van der Waals surface area contributed by atoms with E-state index in [2.05, 4.69) is 5.43 Å². The number of hydrogen-bond acceptors (Lipinski definition) is 4. The van der Waals surface area contributed by atoms with Crippen molar-refractivity contribution in [2.45, 2.75) is 44.8 Å². The lowest BCUT2D eigenvalue weighted by molar-refractivity contribution is 0.0595. The summed E-state index contributed by atoms with van der Waals surface area (Å²) in [6.45, 7) is 0.710. The zero-order valence-electron chi connectivity index (χ0n) is 14.7. The molecular weight excluding hydrogens is 330 g/mol. The highest BCUT2D eigenvalue weighted by Crippen LogP contribution is 2.27. The molecule has 2 heterocycles. The highest BCUT2D eigenvalue weighted by molar-refractivity contribution is 5.96. The molecule has 6 nitrogen and oxygen atoms in total. The zero-order chi connectivity index (χ0) is 17.9. The lowest BCUT2D eigenvalue weighted by Crippen LogP contribution is -2.51. The molecule has 26 heavy (non-hydrogen) atoms. The van der Waals surface area contributed by atoms with Crippen LogP contribution in [0.15, 0.2) is 47.4 Å². The second-order valence-corrected chi connectivity index (χ2v) is 6.88. The molecule has 2 aliphatic rings. The van der Waals surface area contributed by atoms with E-state index in [1.165, 1.54) is 12.5 Å². The maximum absolute atomic E-state index is 13.1. The number of pyridine rings is 1. The number of rotatable bonds is 4. The van der Waals surface area contributed by atoms with Gasteiger partial charge in [-0.25, -0.2) is 0 Å². The third kappa shape index (κ3) is 3.19. The molecule has 1 fully saturated rings. The van der Waals surface area contributed by atoms with Gasteiger partial charge in [-0.2, -0.15) is 0 Å². The number of aromatic nitrogens is 1. The fourth-order valence-corrected chi connectivity index (χ4v) is 3.77. The normalized spacial score (nSPS) is 17.5. The van der Waals surface area contributed by atoms with E-state index in [-0.39, 0.29) is 29.7 Å². The molecule has 0 unspecified atom stereocenters. The van der Waals surface area contributed by atoms with Gasteiger partial charge in [-0.1, -0.05) is 49.6 Å². The van der Waals surface area contributed by atoms with Crippen LogP contribution in [0.4, 0.5) is 0 Å². The summed E-state index contributed by atoms with van der Waals surface area (Å²) in [4.78, 5) is 27.4. The number of hydrogen-bond donors (Lipinski definition) is 1. The van der Waals surface area contributed by atoms with Crippen LogP contribution in [0.2, 0.25) is 0 Å². The Hall–Kier alpha value is -2.76. The second-order valence-electron chi connectivity index (χ2n) is 6.88. The molecule has 1 saturated carbocycles. The van der Waals surface area contributed by atoms with E-state index in [9.17, 15) is 9.59 Å². The fraction of sp³-hybridized carbons (Fsp3) is 0.400. The van der Waals surface area contributed by atoms with Gasteiger partial charge in [0.2, 0.25) is 5.43 Å². The fourth-order valence-electron chi connectivity index (χ4n) is 3.77. The predicted octanol–water partition coefficient (Wildman–Crippen LogP) is 2.72. The summed E-state index contributed by atoms with van der Waals surface area (Å²) in [6, 6.07) is 11.3. The Morgan fingerprint density at radius 1 is 1.04 bits per heavy atom. The molecule has 1 aliphatic carbocycles. The van der Waals surface area contributed by atoms with Gasteiger partial charge in [0.15, 0.2) is 11.4 Å². The van der Waals surface area contributed by atoms with E-state index < -0.39 is 0 Å². The lowest BCUT2D eigenvalue weighted by Gasteiger charge is -2.38. The highest BCUT2D eigenvalue weighted by atomic mass is 16.5. The lowest BCUT2D eigenvalue weighted by atomic mass is 9.94. The van der Waals surface area contributed by atoms with Crippen LogP contribution >= 0.6 is 0 Å². The first-order valence-electron chi connectivity index (χ1n) is 9.21. The van der Waals surface area contributed by atoms with Crippen LogP contribution in [0, 0.1) is 0 Å². The molecule has 2 aromatic rings. The Morgan fingerprint density at radius 3 is 2.58 bits per heavy atom. The summed E-state index contributed by atoms with van der Waals surface area (Å²) in [7, 11) is 0. The van der Waals surface area contributed by atoms with Crippen molar-refractivity contribution in [3.63, 3.8) is 0 Å². The van der Waals surface area contributed by atoms with E-state index in [1.54, 1.807) is 10.9 Å². The summed E-state index contributed by atoms with van der Waals surface area (Å²) < 4.78 is 7.42. The van der Waals surface area contributed by atoms with Gasteiger partial charge in [-0.15, -0.1) is 0 Å². The van der Waals surface area contributed by atoms with Crippen LogP contribution in [0.5, 0.6) is 5.75 Å². The Bertz CT molecular complexity index is 841. The topological polar surface area (TPSA) is 63.6 Å². The van der Waals surface area contributed by atoms with Gasteiger partial charge in [-0.3, -0.25) is 14.3 Å². The number of carbonyl (C=O) groups excluding carboxylic acids is 1. The maximum Gasteiger partial charge on any atom is 0.278 e. The molecule has 1 aromatic carbocycles. The van der Waals surface area contributed by atoms with Gasteiger partial charge in [0.1, 0.15) is 13.3 Å². The monoisotopic (exact) mass is 353 g/mol. The SMILES string of the molecule is O=C1c2c(OCc3ccccc3)c(=O)ccn2NCN1C1CCCCC1. The molecule has 0 spiro atoms. The van der Waals surface area contributed by atoms with E-state index in [0.29, 0.717) is 12.4 Å². The minimum atomic E-state index is -0.271. The average molecular weight is 353 g/mol. The van der Waals surface area contributed by atoms with Crippen LogP contribution < -0.4 is 15.6 Å². The van der Waals surface area contributed by atoms with Gasteiger partial charge in [0, 0.05) is 18.3 Å². The molecular formula is C20H23N3O3. The molecule has 6 heteroatoms. The number of carbonyl (C=O) groups is 1. The third-order valence-corrected chi connectivity index (χ3v) is 5.17. The highest BCUT2D eigenvalue weighted by Gasteiger charge is 2.33. The minimum Gasteiger partial charge on any atom is -0.482 e. The average Bonchev–Trinajstić information content (AvgIpc) is 2.69. The first-order chi connectivity index (χ1) is 12.7. The van der Waals surface area contributed by atoms with Gasteiger partial charge >= 0.3 is 0 Å². The van der Waals surface area contributed by atoms with E-state index in [4.69, 9.17) is 4.74 Å². The van der Waals surface area contributed by atoms with Crippen molar-refractivity contribution in [3.8, 4) is 5.75 Å². The van der Waals surface area contributed by atoms with Crippen LogP contribution in [-0.2, 0) is 6.61 Å². The number of nitrogens with one attached hydrogen (secondary N) is 1. The second kappa shape index (κ2) is 7.23. The largest absolute Gasteiger partial charge is 0.482 e. The molecule has 4 rings (SSSR count). The molecule has 1 amide bonds. The molecule has 136 valence electrons. The van der Waals surface area contributed by atoms with Crippen molar-refractivity contribution >= 4 is 5.91 Å². The molecule has 0 radical (unpaired) electrons. The molecule has 1 aliphatic heterocycles. The molecule has 1 aromatic heterocycles. The predicted molar refractivity (Wildman–Crippen MR) is 98.7 cm³/mol. The third-order valence-electron chi connectivity index (χ3n) is 5.17. The Kier molecular flexibility index (Phi) is 4.65. The van der Waals surface area contributed by atoms with Crippen LogP contribution in [0.3, 0.4) is 0 Å². The number of amides is 1. The summed E-state index contributed by atoms with van der Waals surface area (Å²) >= 11 is 0. The van der Waals surface area contributed by atoms with Gasteiger partial charge in [-0.05, 0) is 18.4 Å². The number of benzene rings is 1. The van der Waals surface area contributed by atoms with E-state index >= 15 is 0 Å². The number of nitrogens with zero attached hydrogens (tertiary/aromatic N) is 2. The minimum absolute atomic E-state index is 0.120. The van der Waals surface area contributed by atoms with Crippen molar-refractivity contribution in [1.29, 1.82) is 0 Å².